The van der Waals surface area contributed by atoms with Crippen LogP contribution >= 0.6 is 0 Å². The van der Waals surface area contributed by atoms with Gasteiger partial charge in [0.2, 0.25) is 23.7 Å². The zero-order chi connectivity index (χ0) is 34.8. The quantitative estimate of drug-likeness (QED) is 0.0904. The molecule has 0 bridgehead atoms. The number of aliphatic hydroxyl groups is 1. The van der Waals surface area contributed by atoms with Gasteiger partial charge in [0.25, 0.3) is 5.91 Å². The Morgan fingerprint density at radius 2 is 1.49 bits per heavy atom. The third kappa shape index (κ3) is 6.62. The number of carbonyl (C=O) groups excluding carboxylic acids is 3. The fourth-order valence-electron chi connectivity index (χ4n) is 5.55. The van der Waals surface area contributed by atoms with Crippen molar-refractivity contribution in [3.8, 4) is 0 Å². The molecule has 0 saturated carbocycles. The van der Waals surface area contributed by atoms with Crippen LogP contribution in [0.3, 0.4) is 0 Å². The van der Waals surface area contributed by atoms with Gasteiger partial charge >= 0.3 is 0 Å². The van der Waals surface area contributed by atoms with E-state index in [1.165, 1.54) is 0 Å². The summed E-state index contributed by atoms with van der Waals surface area (Å²) in [6.45, 7) is 7.61. The molecule has 16 heteroatoms. The number of nitrogens with one attached hydrogen (secondary N) is 2. The molecule has 252 valence electrons. The SMILES string of the molecule is CCn1ccc(C(=O)Nc2nc3cc(C(N)=O)ccc3n2C/C=C/Cn2c(NC(O)c3ccn(CC)n3)nc3cc(C(N)=O)cc(C)c32)n1. The lowest BCUT2D eigenvalue weighted by Crippen LogP contribution is -2.17. The van der Waals surface area contributed by atoms with Crippen LogP contribution in [0.2, 0.25) is 0 Å². The minimum Gasteiger partial charge on any atom is -0.368 e. The summed E-state index contributed by atoms with van der Waals surface area (Å²) in [5.41, 5.74) is 15.5. The van der Waals surface area contributed by atoms with Crippen LogP contribution < -0.4 is 22.1 Å². The summed E-state index contributed by atoms with van der Waals surface area (Å²) >= 11 is 0. The highest BCUT2D eigenvalue weighted by molar-refractivity contribution is 6.03. The van der Waals surface area contributed by atoms with Gasteiger partial charge in [-0.15, -0.1) is 0 Å². The number of allylic oxidation sites excluding steroid dienone is 2. The molecule has 0 aliphatic carbocycles. The Morgan fingerprint density at radius 3 is 2.16 bits per heavy atom. The summed E-state index contributed by atoms with van der Waals surface area (Å²) in [5.74, 6) is -0.981. The summed E-state index contributed by atoms with van der Waals surface area (Å²) in [5, 5.41) is 25.5. The van der Waals surface area contributed by atoms with E-state index in [9.17, 15) is 19.5 Å². The maximum atomic E-state index is 13.1. The molecule has 6 rings (SSSR count). The van der Waals surface area contributed by atoms with Crippen molar-refractivity contribution in [1.82, 2.24) is 38.7 Å². The molecule has 0 aliphatic rings. The first kappa shape index (κ1) is 32.6. The van der Waals surface area contributed by atoms with Crippen LogP contribution in [0.4, 0.5) is 11.9 Å². The number of anilines is 2. The summed E-state index contributed by atoms with van der Waals surface area (Å²) in [4.78, 5) is 46.2. The molecular weight excluding hydrogens is 628 g/mol. The number of benzene rings is 2. The second-order valence-electron chi connectivity index (χ2n) is 11.3. The van der Waals surface area contributed by atoms with Gasteiger partial charge in [-0.2, -0.15) is 10.2 Å². The van der Waals surface area contributed by atoms with Crippen LogP contribution in [0.1, 0.15) is 62.5 Å². The van der Waals surface area contributed by atoms with E-state index >= 15 is 0 Å². The first-order chi connectivity index (χ1) is 23.6. The second kappa shape index (κ2) is 13.4. The molecule has 0 spiro atoms. The molecule has 7 N–H and O–H groups in total. The Bertz CT molecular complexity index is 2240. The van der Waals surface area contributed by atoms with Crippen molar-refractivity contribution in [2.45, 2.75) is 53.2 Å². The Morgan fingerprint density at radius 1 is 0.837 bits per heavy atom. The lowest BCUT2D eigenvalue weighted by Gasteiger charge is -2.14. The lowest BCUT2D eigenvalue weighted by molar-refractivity contribution is 0.0992. The van der Waals surface area contributed by atoms with E-state index in [0.29, 0.717) is 59.9 Å². The molecule has 1 atom stereocenters. The predicted molar refractivity (Wildman–Crippen MR) is 183 cm³/mol. The Kier molecular flexibility index (Phi) is 8.96. The van der Waals surface area contributed by atoms with Crippen molar-refractivity contribution in [2.24, 2.45) is 11.5 Å². The third-order valence-corrected chi connectivity index (χ3v) is 8.05. The highest BCUT2D eigenvalue weighted by Crippen LogP contribution is 2.27. The molecule has 0 fully saturated rings. The van der Waals surface area contributed by atoms with Gasteiger partial charge in [-0.1, -0.05) is 12.2 Å². The topological polar surface area (TPSA) is 219 Å². The van der Waals surface area contributed by atoms with Gasteiger partial charge in [0.05, 0.1) is 22.1 Å². The zero-order valence-corrected chi connectivity index (χ0v) is 27.2. The zero-order valence-electron chi connectivity index (χ0n) is 27.2. The average molecular weight is 665 g/mol. The van der Waals surface area contributed by atoms with E-state index in [0.717, 1.165) is 11.1 Å². The number of aryl methyl sites for hydroxylation is 3. The highest BCUT2D eigenvalue weighted by Gasteiger charge is 2.20. The fraction of sp³-hybridized carbons (Fsp3) is 0.242. The number of nitrogens with two attached hydrogens (primary N) is 2. The van der Waals surface area contributed by atoms with Crippen LogP contribution in [0.25, 0.3) is 22.1 Å². The number of hydrogen-bond donors (Lipinski definition) is 5. The molecule has 6 aromatic rings. The fourth-order valence-corrected chi connectivity index (χ4v) is 5.55. The van der Waals surface area contributed by atoms with Crippen LogP contribution in [0, 0.1) is 6.92 Å². The summed E-state index contributed by atoms with van der Waals surface area (Å²) in [6, 6.07) is 11.6. The summed E-state index contributed by atoms with van der Waals surface area (Å²) < 4.78 is 7.03. The van der Waals surface area contributed by atoms with E-state index in [1.54, 1.807) is 68.8 Å². The van der Waals surface area contributed by atoms with Gasteiger partial charge in [-0.3, -0.25) is 29.1 Å². The van der Waals surface area contributed by atoms with Crippen molar-refractivity contribution < 1.29 is 19.5 Å². The molecule has 16 nitrogen and oxygen atoms in total. The Balaban J connectivity index is 1.31. The lowest BCUT2D eigenvalue weighted by atomic mass is 10.1. The van der Waals surface area contributed by atoms with Gasteiger partial charge < -0.3 is 31.0 Å². The molecule has 4 aromatic heterocycles. The second-order valence-corrected chi connectivity index (χ2v) is 11.3. The van der Waals surface area contributed by atoms with Crippen molar-refractivity contribution >= 4 is 51.7 Å². The normalized spacial score (nSPS) is 12.2. The van der Waals surface area contributed by atoms with Crippen LogP contribution in [0.5, 0.6) is 0 Å². The number of fused-ring (bicyclic) bond motifs is 2. The maximum absolute atomic E-state index is 13.1. The minimum absolute atomic E-state index is 0.236. The predicted octanol–water partition coefficient (Wildman–Crippen LogP) is 2.94. The highest BCUT2D eigenvalue weighted by atomic mass is 16.3. The number of imidazole rings is 2. The number of rotatable bonds is 13. The van der Waals surface area contributed by atoms with Crippen molar-refractivity contribution in [2.75, 3.05) is 10.6 Å². The largest absolute Gasteiger partial charge is 0.368 e. The number of nitrogens with zero attached hydrogens (tertiary/aromatic N) is 8. The molecule has 3 amide bonds. The van der Waals surface area contributed by atoms with E-state index in [-0.39, 0.29) is 17.2 Å². The molecule has 49 heavy (non-hydrogen) atoms. The van der Waals surface area contributed by atoms with Gasteiger partial charge in [0.15, 0.2) is 11.9 Å². The number of aromatic nitrogens is 8. The van der Waals surface area contributed by atoms with Crippen molar-refractivity contribution in [3.05, 3.63) is 95.1 Å². The van der Waals surface area contributed by atoms with E-state index in [4.69, 9.17) is 16.5 Å². The number of carbonyl (C=O) groups is 3. The molecule has 0 aliphatic heterocycles. The van der Waals surface area contributed by atoms with Gasteiger partial charge in [-0.05, 0) is 68.8 Å². The minimum atomic E-state index is -1.15. The smallest absolute Gasteiger partial charge is 0.278 e. The number of amides is 3. The first-order valence-electron chi connectivity index (χ1n) is 15.6. The molecule has 2 aromatic carbocycles. The molecule has 1 unspecified atom stereocenters. The maximum Gasteiger partial charge on any atom is 0.278 e. The van der Waals surface area contributed by atoms with Gasteiger partial charge in [-0.25, -0.2) is 9.97 Å². The van der Waals surface area contributed by atoms with Crippen LogP contribution in [0.15, 0.2) is 67.0 Å². The molecule has 0 radical (unpaired) electrons. The van der Waals surface area contributed by atoms with E-state index < -0.39 is 23.9 Å². The van der Waals surface area contributed by atoms with E-state index in [1.807, 2.05) is 37.5 Å². The van der Waals surface area contributed by atoms with E-state index in [2.05, 4.69) is 25.8 Å². The standard InChI is InChI=1S/C33H36N12O4/c1-4-42-14-10-22(40-42)30(48)38-32-36-24-17-20(28(34)46)8-9-26(24)44(32)12-6-7-13-45-27-19(3)16-21(29(35)47)18-25(27)37-33(45)39-31(49)23-11-15-43(5-2)41-23/h6-11,14-18,31,49H,4-5,12-13H2,1-3H3,(H2,34,46)(H2,35,47)(H,37,39)(H,36,38,48)/b7-6+. The van der Waals surface area contributed by atoms with Gasteiger partial charge in [0.1, 0.15) is 5.69 Å². The summed E-state index contributed by atoms with van der Waals surface area (Å²) in [6.07, 6.45) is 6.14. The average Bonchev–Trinajstić information content (AvgIpc) is 3.88. The molecule has 0 saturated heterocycles. The van der Waals surface area contributed by atoms with Crippen molar-refractivity contribution in [3.63, 3.8) is 0 Å². The summed E-state index contributed by atoms with van der Waals surface area (Å²) in [7, 11) is 0. The van der Waals surface area contributed by atoms with Crippen molar-refractivity contribution in [1.29, 1.82) is 0 Å². The Labute approximate surface area is 280 Å². The van der Waals surface area contributed by atoms with Crippen LogP contribution in [-0.2, 0) is 26.2 Å². The number of aliphatic hydroxyl groups excluding tert-OH is 1. The first-order valence-corrected chi connectivity index (χ1v) is 15.6. The van der Waals surface area contributed by atoms with Crippen LogP contribution in [-0.4, -0.2) is 61.5 Å². The molecule has 4 heterocycles. The molecular formula is C33H36N12O4. The number of hydrogen-bond acceptors (Lipinski definition) is 9. The monoisotopic (exact) mass is 664 g/mol. The number of primary amides is 2. The third-order valence-electron chi connectivity index (χ3n) is 8.05. The Hall–Kier alpha value is -6.29. The van der Waals surface area contributed by atoms with Gasteiger partial charge in [0, 0.05) is 49.7 Å².